The van der Waals surface area contributed by atoms with E-state index >= 15 is 0 Å². The van der Waals surface area contributed by atoms with Crippen molar-refractivity contribution in [1.29, 1.82) is 0 Å². The first-order valence-corrected chi connectivity index (χ1v) is 6.76. The number of ether oxygens (including phenoxy) is 2. The Balaban J connectivity index is 0.00000400. The highest BCUT2D eigenvalue weighted by atomic mass is 35.5. The summed E-state index contributed by atoms with van der Waals surface area (Å²) in [6.07, 6.45) is 0. The zero-order chi connectivity index (χ0) is 14.8. The van der Waals surface area contributed by atoms with Gasteiger partial charge in [-0.1, -0.05) is 12.1 Å². The third-order valence-electron chi connectivity index (χ3n) is 2.87. The van der Waals surface area contributed by atoms with Crippen molar-refractivity contribution in [1.82, 2.24) is 10.2 Å². The van der Waals surface area contributed by atoms with Crippen molar-refractivity contribution >= 4 is 18.3 Å². The molecule has 6 heteroatoms. The Bertz CT molecular complexity index is 416. The van der Waals surface area contributed by atoms with E-state index in [0.29, 0.717) is 32.8 Å². The van der Waals surface area contributed by atoms with E-state index in [0.717, 1.165) is 11.3 Å². The number of aryl methyl sites for hydroxylation is 1. The van der Waals surface area contributed by atoms with Gasteiger partial charge in [-0.3, -0.25) is 4.79 Å². The SMILES string of the molecule is COCCNCC(=O)N(C)CCOc1cccc(C)c1.Cl. The fourth-order valence-corrected chi connectivity index (χ4v) is 1.63. The topological polar surface area (TPSA) is 50.8 Å². The number of nitrogens with one attached hydrogen (secondary N) is 1. The lowest BCUT2D eigenvalue weighted by Gasteiger charge is -2.18. The Morgan fingerprint density at radius 1 is 1.33 bits per heavy atom. The van der Waals surface area contributed by atoms with Gasteiger partial charge in [0.15, 0.2) is 0 Å². The number of hydrogen-bond acceptors (Lipinski definition) is 4. The van der Waals surface area contributed by atoms with E-state index < -0.39 is 0 Å². The minimum absolute atomic E-state index is 0. The van der Waals surface area contributed by atoms with Crippen molar-refractivity contribution in [2.75, 3.05) is 47.0 Å². The summed E-state index contributed by atoms with van der Waals surface area (Å²) in [5, 5.41) is 3.03. The van der Waals surface area contributed by atoms with Gasteiger partial charge >= 0.3 is 0 Å². The summed E-state index contributed by atoms with van der Waals surface area (Å²) < 4.78 is 10.5. The van der Waals surface area contributed by atoms with Gasteiger partial charge in [-0.2, -0.15) is 0 Å². The minimum Gasteiger partial charge on any atom is -0.492 e. The molecule has 0 aromatic heterocycles. The molecule has 0 bridgehead atoms. The smallest absolute Gasteiger partial charge is 0.236 e. The lowest BCUT2D eigenvalue weighted by Crippen LogP contribution is -2.38. The molecular weight excluding hydrogens is 292 g/mol. The van der Waals surface area contributed by atoms with E-state index in [1.165, 1.54) is 0 Å². The summed E-state index contributed by atoms with van der Waals surface area (Å²) in [6, 6.07) is 7.88. The first-order valence-electron chi connectivity index (χ1n) is 6.76. The van der Waals surface area contributed by atoms with Crippen LogP contribution >= 0.6 is 12.4 Å². The number of benzene rings is 1. The van der Waals surface area contributed by atoms with E-state index in [4.69, 9.17) is 9.47 Å². The van der Waals surface area contributed by atoms with E-state index in [-0.39, 0.29) is 18.3 Å². The molecule has 0 saturated carbocycles. The summed E-state index contributed by atoms with van der Waals surface area (Å²) >= 11 is 0. The van der Waals surface area contributed by atoms with Crippen molar-refractivity contribution in [3.05, 3.63) is 29.8 Å². The van der Waals surface area contributed by atoms with Crippen LogP contribution in [0.2, 0.25) is 0 Å². The second-order valence-corrected chi connectivity index (χ2v) is 4.65. The highest BCUT2D eigenvalue weighted by molar-refractivity contribution is 5.85. The maximum Gasteiger partial charge on any atom is 0.236 e. The van der Waals surface area contributed by atoms with E-state index in [1.807, 2.05) is 31.2 Å². The number of halogens is 1. The second kappa shape index (κ2) is 11.4. The second-order valence-electron chi connectivity index (χ2n) is 4.65. The van der Waals surface area contributed by atoms with Crippen LogP contribution in [0.15, 0.2) is 24.3 Å². The monoisotopic (exact) mass is 316 g/mol. The Labute approximate surface area is 133 Å². The molecule has 1 aromatic rings. The summed E-state index contributed by atoms with van der Waals surface area (Å²) in [4.78, 5) is 13.4. The molecule has 0 aliphatic heterocycles. The zero-order valence-corrected chi connectivity index (χ0v) is 13.7. The number of hydrogen-bond donors (Lipinski definition) is 1. The van der Waals surface area contributed by atoms with Gasteiger partial charge in [0, 0.05) is 20.7 Å². The van der Waals surface area contributed by atoms with Crippen LogP contribution < -0.4 is 10.1 Å². The van der Waals surface area contributed by atoms with E-state index in [2.05, 4.69) is 5.32 Å². The highest BCUT2D eigenvalue weighted by Crippen LogP contribution is 2.11. The molecule has 1 aromatic carbocycles. The molecule has 120 valence electrons. The minimum atomic E-state index is 0. The third kappa shape index (κ3) is 8.55. The van der Waals surface area contributed by atoms with Gasteiger partial charge in [0.05, 0.1) is 19.7 Å². The van der Waals surface area contributed by atoms with Crippen molar-refractivity contribution in [2.24, 2.45) is 0 Å². The molecule has 0 aliphatic rings. The number of amides is 1. The van der Waals surface area contributed by atoms with Crippen LogP contribution in [0.4, 0.5) is 0 Å². The average Bonchev–Trinajstić information content (AvgIpc) is 2.43. The molecule has 1 N–H and O–H groups in total. The van der Waals surface area contributed by atoms with Crippen LogP contribution in [0, 0.1) is 6.92 Å². The lowest BCUT2D eigenvalue weighted by molar-refractivity contribution is -0.129. The molecule has 0 fully saturated rings. The van der Waals surface area contributed by atoms with Gasteiger partial charge in [-0.15, -0.1) is 12.4 Å². The molecule has 0 atom stereocenters. The van der Waals surface area contributed by atoms with Gasteiger partial charge in [0.1, 0.15) is 12.4 Å². The van der Waals surface area contributed by atoms with Crippen LogP contribution in [0.1, 0.15) is 5.56 Å². The van der Waals surface area contributed by atoms with Crippen LogP contribution in [0.5, 0.6) is 5.75 Å². The molecule has 5 nitrogen and oxygen atoms in total. The maximum absolute atomic E-state index is 11.8. The Morgan fingerprint density at radius 2 is 2.10 bits per heavy atom. The molecule has 0 aliphatic carbocycles. The lowest BCUT2D eigenvalue weighted by atomic mass is 10.2. The first-order chi connectivity index (χ1) is 9.63. The summed E-state index contributed by atoms with van der Waals surface area (Å²) in [5.74, 6) is 0.887. The first kappa shape index (κ1) is 19.7. The number of likely N-dealkylation sites (N-methyl/N-ethyl adjacent to an activating group) is 1. The van der Waals surface area contributed by atoms with Crippen LogP contribution in [-0.4, -0.2) is 57.8 Å². The van der Waals surface area contributed by atoms with Gasteiger partial charge < -0.3 is 19.7 Å². The number of methoxy groups -OCH3 is 1. The predicted molar refractivity (Wildman–Crippen MR) is 86.3 cm³/mol. The Hall–Kier alpha value is -1.30. The number of carbonyl (C=O) groups is 1. The van der Waals surface area contributed by atoms with Crippen LogP contribution in [0.25, 0.3) is 0 Å². The van der Waals surface area contributed by atoms with Gasteiger partial charge in [0.2, 0.25) is 5.91 Å². The zero-order valence-electron chi connectivity index (χ0n) is 12.9. The number of nitrogens with zero attached hydrogens (tertiary/aromatic N) is 1. The van der Waals surface area contributed by atoms with Gasteiger partial charge in [-0.05, 0) is 24.6 Å². The fraction of sp³-hybridized carbons (Fsp3) is 0.533. The molecule has 0 unspecified atom stereocenters. The highest BCUT2D eigenvalue weighted by Gasteiger charge is 2.07. The van der Waals surface area contributed by atoms with E-state index in [9.17, 15) is 4.79 Å². The fourth-order valence-electron chi connectivity index (χ4n) is 1.63. The predicted octanol–water partition coefficient (Wildman–Crippen LogP) is 1.49. The quantitative estimate of drug-likeness (QED) is 0.701. The average molecular weight is 317 g/mol. The maximum atomic E-state index is 11.8. The van der Waals surface area contributed by atoms with Crippen LogP contribution in [-0.2, 0) is 9.53 Å². The molecule has 1 amide bonds. The number of carbonyl (C=O) groups excluding carboxylic acids is 1. The summed E-state index contributed by atoms with van der Waals surface area (Å²) in [7, 11) is 3.41. The van der Waals surface area contributed by atoms with Crippen LogP contribution in [0.3, 0.4) is 0 Å². The van der Waals surface area contributed by atoms with Crippen molar-refractivity contribution in [3.8, 4) is 5.75 Å². The molecular formula is C15H25ClN2O3. The van der Waals surface area contributed by atoms with Gasteiger partial charge in [0.25, 0.3) is 0 Å². The standard InChI is InChI=1S/C15H24N2O3.ClH/c1-13-5-4-6-14(11-13)20-10-8-17(2)15(18)12-16-7-9-19-3;/h4-6,11,16H,7-10,12H2,1-3H3;1H. The Kier molecular flexibility index (Phi) is 10.7. The molecule has 0 heterocycles. The van der Waals surface area contributed by atoms with Crippen molar-refractivity contribution < 1.29 is 14.3 Å². The van der Waals surface area contributed by atoms with Crippen molar-refractivity contribution in [3.63, 3.8) is 0 Å². The third-order valence-corrected chi connectivity index (χ3v) is 2.87. The van der Waals surface area contributed by atoms with E-state index in [1.54, 1.807) is 19.1 Å². The Morgan fingerprint density at radius 3 is 2.76 bits per heavy atom. The normalized spacial score (nSPS) is 9.86. The van der Waals surface area contributed by atoms with Crippen molar-refractivity contribution in [2.45, 2.75) is 6.92 Å². The molecule has 0 spiro atoms. The molecule has 21 heavy (non-hydrogen) atoms. The van der Waals surface area contributed by atoms with Gasteiger partial charge in [-0.25, -0.2) is 0 Å². The molecule has 0 saturated heterocycles. The largest absolute Gasteiger partial charge is 0.492 e. The summed E-state index contributed by atoms with van der Waals surface area (Å²) in [5.41, 5.74) is 1.16. The summed E-state index contributed by atoms with van der Waals surface area (Å²) in [6.45, 7) is 4.68. The molecule has 0 radical (unpaired) electrons. The molecule has 1 rings (SSSR count). The number of rotatable bonds is 9.